The van der Waals surface area contributed by atoms with Crippen LogP contribution in [0.2, 0.25) is 0 Å². The molecule has 0 radical (unpaired) electrons. The van der Waals surface area contributed by atoms with E-state index in [0.29, 0.717) is 11.5 Å². The van der Waals surface area contributed by atoms with Crippen molar-refractivity contribution in [1.29, 1.82) is 0 Å². The third-order valence-corrected chi connectivity index (χ3v) is 3.88. The molecule has 0 aliphatic carbocycles. The van der Waals surface area contributed by atoms with E-state index in [1.165, 1.54) is 0 Å². The van der Waals surface area contributed by atoms with E-state index >= 15 is 0 Å². The minimum absolute atomic E-state index is 0.0778. The highest BCUT2D eigenvalue weighted by Gasteiger charge is 2.14. The molecule has 5 nitrogen and oxygen atoms in total. The molecule has 1 atom stereocenters. The van der Waals surface area contributed by atoms with Crippen LogP contribution in [-0.4, -0.2) is 26.7 Å². The maximum Gasteiger partial charge on any atom is 0.223 e. The van der Waals surface area contributed by atoms with Crippen molar-refractivity contribution in [3.8, 4) is 17.2 Å². The van der Waals surface area contributed by atoms with Crippen molar-refractivity contribution >= 4 is 5.91 Å². The lowest BCUT2D eigenvalue weighted by atomic mass is 10.0. The summed E-state index contributed by atoms with van der Waals surface area (Å²) in [6.07, 6.45) is 0.260. The summed E-state index contributed by atoms with van der Waals surface area (Å²) in [6, 6.07) is 13.1. The smallest absolute Gasteiger partial charge is 0.223 e. The standard InChI is InChI=1S/C20H25NO4/c1-14-9-10-17(23-3)16(13-14)15(2)21-20(22)11-12-25-19-8-6-5-7-18(19)24-4/h5-10,13,15H,11-12H2,1-4H3,(H,21,22). The van der Waals surface area contributed by atoms with Gasteiger partial charge < -0.3 is 19.5 Å². The molecular weight excluding hydrogens is 318 g/mol. The molecule has 2 rings (SSSR count). The number of amides is 1. The van der Waals surface area contributed by atoms with E-state index in [1.54, 1.807) is 14.2 Å². The van der Waals surface area contributed by atoms with Crippen molar-refractivity contribution in [3.63, 3.8) is 0 Å². The van der Waals surface area contributed by atoms with E-state index < -0.39 is 0 Å². The summed E-state index contributed by atoms with van der Waals surface area (Å²) in [5.41, 5.74) is 2.08. The van der Waals surface area contributed by atoms with Crippen molar-refractivity contribution in [2.45, 2.75) is 26.3 Å². The summed E-state index contributed by atoms with van der Waals surface area (Å²) >= 11 is 0. The zero-order chi connectivity index (χ0) is 18.2. The monoisotopic (exact) mass is 343 g/mol. The number of hydrogen-bond acceptors (Lipinski definition) is 4. The van der Waals surface area contributed by atoms with Gasteiger partial charge in [0.1, 0.15) is 5.75 Å². The molecule has 0 saturated heterocycles. The van der Waals surface area contributed by atoms with Crippen molar-refractivity contribution in [1.82, 2.24) is 5.32 Å². The highest BCUT2D eigenvalue weighted by Crippen LogP contribution is 2.27. The van der Waals surface area contributed by atoms with Gasteiger partial charge in [-0.2, -0.15) is 0 Å². The molecule has 0 heterocycles. The van der Waals surface area contributed by atoms with Gasteiger partial charge in [-0.3, -0.25) is 4.79 Å². The molecule has 1 unspecified atom stereocenters. The first kappa shape index (κ1) is 18.6. The third kappa shape index (κ3) is 5.14. The number of hydrogen-bond donors (Lipinski definition) is 1. The molecule has 0 saturated carbocycles. The highest BCUT2D eigenvalue weighted by molar-refractivity contribution is 5.76. The molecule has 2 aromatic rings. The van der Waals surface area contributed by atoms with Crippen LogP contribution < -0.4 is 19.5 Å². The van der Waals surface area contributed by atoms with Gasteiger partial charge in [0.2, 0.25) is 5.91 Å². The second-order valence-electron chi connectivity index (χ2n) is 5.78. The third-order valence-electron chi connectivity index (χ3n) is 3.88. The average Bonchev–Trinajstić information content (AvgIpc) is 2.62. The van der Waals surface area contributed by atoms with E-state index in [0.717, 1.165) is 16.9 Å². The number of para-hydroxylation sites is 2. The predicted octanol–water partition coefficient (Wildman–Crippen LogP) is 3.66. The van der Waals surface area contributed by atoms with Crippen LogP contribution in [0.25, 0.3) is 0 Å². The Kier molecular flexibility index (Phi) is 6.69. The average molecular weight is 343 g/mol. The molecule has 134 valence electrons. The zero-order valence-electron chi connectivity index (χ0n) is 15.2. The fourth-order valence-electron chi connectivity index (χ4n) is 2.58. The zero-order valence-corrected chi connectivity index (χ0v) is 15.2. The summed E-state index contributed by atoms with van der Waals surface area (Å²) < 4.78 is 16.2. The molecule has 1 N–H and O–H groups in total. The van der Waals surface area contributed by atoms with E-state index in [-0.39, 0.29) is 25.0 Å². The maximum absolute atomic E-state index is 12.2. The Hall–Kier alpha value is -2.69. The molecule has 0 fully saturated rings. The highest BCUT2D eigenvalue weighted by atomic mass is 16.5. The lowest BCUT2D eigenvalue weighted by Crippen LogP contribution is -2.28. The molecule has 0 spiro atoms. The Morgan fingerprint density at radius 3 is 2.40 bits per heavy atom. The number of ether oxygens (including phenoxy) is 3. The SMILES string of the molecule is COc1ccccc1OCCC(=O)NC(C)c1cc(C)ccc1OC. The Morgan fingerprint density at radius 2 is 1.72 bits per heavy atom. The Balaban J connectivity index is 1.89. The maximum atomic E-state index is 12.2. The lowest BCUT2D eigenvalue weighted by molar-refractivity contribution is -0.122. The molecule has 0 bridgehead atoms. The molecule has 0 aliphatic heterocycles. The van der Waals surface area contributed by atoms with Gasteiger partial charge in [0.05, 0.1) is 33.3 Å². The van der Waals surface area contributed by atoms with Crippen LogP contribution >= 0.6 is 0 Å². The quantitative estimate of drug-likeness (QED) is 0.795. The van der Waals surface area contributed by atoms with Crippen molar-refractivity contribution in [2.24, 2.45) is 0 Å². The van der Waals surface area contributed by atoms with Crippen molar-refractivity contribution in [2.75, 3.05) is 20.8 Å². The molecule has 0 aliphatic rings. The number of carbonyl (C=O) groups is 1. The van der Waals surface area contributed by atoms with Crippen LogP contribution in [0.5, 0.6) is 17.2 Å². The van der Waals surface area contributed by atoms with Gasteiger partial charge >= 0.3 is 0 Å². The molecule has 5 heteroatoms. The first-order valence-electron chi connectivity index (χ1n) is 8.25. The number of carbonyl (C=O) groups excluding carboxylic acids is 1. The van der Waals surface area contributed by atoms with Gasteiger partial charge in [-0.25, -0.2) is 0 Å². The first-order valence-corrected chi connectivity index (χ1v) is 8.25. The molecule has 25 heavy (non-hydrogen) atoms. The Morgan fingerprint density at radius 1 is 1.04 bits per heavy atom. The minimum Gasteiger partial charge on any atom is -0.496 e. The van der Waals surface area contributed by atoms with Crippen LogP contribution in [0.4, 0.5) is 0 Å². The van der Waals surface area contributed by atoms with Gasteiger partial charge in [0, 0.05) is 5.56 Å². The number of rotatable bonds is 8. The predicted molar refractivity (Wildman–Crippen MR) is 97.4 cm³/mol. The first-order chi connectivity index (χ1) is 12.0. The van der Waals surface area contributed by atoms with Gasteiger partial charge in [-0.1, -0.05) is 29.8 Å². The second kappa shape index (κ2) is 8.97. The summed E-state index contributed by atoms with van der Waals surface area (Å²) in [6.45, 7) is 4.23. The van der Waals surface area contributed by atoms with Gasteiger partial charge in [-0.15, -0.1) is 0 Å². The topological polar surface area (TPSA) is 56.8 Å². The summed E-state index contributed by atoms with van der Waals surface area (Å²) in [7, 11) is 3.22. The Labute approximate surface area is 148 Å². The number of nitrogens with one attached hydrogen (secondary N) is 1. The van der Waals surface area contributed by atoms with E-state index in [9.17, 15) is 4.79 Å². The van der Waals surface area contributed by atoms with E-state index in [1.807, 2.05) is 56.3 Å². The fourth-order valence-corrected chi connectivity index (χ4v) is 2.58. The van der Waals surface area contributed by atoms with Gasteiger partial charge in [0.15, 0.2) is 11.5 Å². The van der Waals surface area contributed by atoms with Crippen LogP contribution in [-0.2, 0) is 4.79 Å². The largest absolute Gasteiger partial charge is 0.496 e. The van der Waals surface area contributed by atoms with Gasteiger partial charge in [-0.05, 0) is 32.0 Å². The van der Waals surface area contributed by atoms with Gasteiger partial charge in [0.25, 0.3) is 0 Å². The number of aryl methyl sites for hydroxylation is 1. The number of benzene rings is 2. The van der Waals surface area contributed by atoms with Crippen LogP contribution in [0, 0.1) is 6.92 Å². The van der Waals surface area contributed by atoms with Crippen LogP contribution in [0.15, 0.2) is 42.5 Å². The summed E-state index contributed by atoms with van der Waals surface area (Å²) in [5.74, 6) is 1.97. The fraction of sp³-hybridized carbons (Fsp3) is 0.350. The van der Waals surface area contributed by atoms with Crippen LogP contribution in [0.1, 0.15) is 30.5 Å². The normalized spacial score (nSPS) is 11.5. The molecule has 0 aromatic heterocycles. The van der Waals surface area contributed by atoms with Crippen molar-refractivity contribution in [3.05, 3.63) is 53.6 Å². The second-order valence-corrected chi connectivity index (χ2v) is 5.78. The molecular formula is C20H25NO4. The molecule has 1 amide bonds. The minimum atomic E-state index is -0.145. The molecule has 2 aromatic carbocycles. The van der Waals surface area contributed by atoms with Crippen LogP contribution in [0.3, 0.4) is 0 Å². The van der Waals surface area contributed by atoms with E-state index in [4.69, 9.17) is 14.2 Å². The van der Waals surface area contributed by atoms with E-state index in [2.05, 4.69) is 5.32 Å². The summed E-state index contributed by atoms with van der Waals surface area (Å²) in [5, 5.41) is 2.98. The Bertz CT molecular complexity index is 715. The van der Waals surface area contributed by atoms with Crippen molar-refractivity contribution < 1.29 is 19.0 Å². The lowest BCUT2D eigenvalue weighted by Gasteiger charge is -2.18. The summed E-state index contributed by atoms with van der Waals surface area (Å²) in [4.78, 5) is 12.2. The number of methoxy groups -OCH3 is 2.